The van der Waals surface area contributed by atoms with E-state index in [9.17, 15) is 4.53 Å². The van der Waals surface area contributed by atoms with E-state index >= 15 is 0 Å². The lowest BCUT2D eigenvalue weighted by atomic mass is 10.1. The van der Waals surface area contributed by atoms with Gasteiger partial charge in [0, 0.05) is 4.53 Å². The summed E-state index contributed by atoms with van der Waals surface area (Å²) in [5, 5.41) is 6.08. The van der Waals surface area contributed by atoms with E-state index < -0.39 is 0 Å². The summed E-state index contributed by atoms with van der Waals surface area (Å²) in [6.07, 6.45) is 1.33. The highest BCUT2D eigenvalue weighted by Crippen LogP contribution is 2.03. The Morgan fingerprint density at radius 3 is 2.82 bits per heavy atom. The van der Waals surface area contributed by atoms with Crippen molar-refractivity contribution >= 4 is 6.21 Å². The molecule has 1 aromatic carbocycles. The van der Waals surface area contributed by atoms with Gasteiger partial charge < -0.3 is 0 Å². The highest BCUT2D eigenvalue weighted by molar-refractivity contribution is 5.80. The Morgan fingerprint density at radius 2 is 2.18 bits per heavy atom. The molecule has 0 aliphatic carbocycles. The number of halogens is 1. The number of hydrogen-bond acceptors (Lipinski definition) is 2. The SMILES string of the molecule is Cc1ccccc1/C=N/OF. The molecule has 0 N–H and O–H groups in total. The third-order valence-corrected chi connectivity index (χ3v) is 1.42. The van der Waals surface area contributed by atoms with Crippen LogP contribution in [-0.4, -0.2) is 6.21 Å². The van der Waals surface area contributed by atoms with Crippen LogP contribution in [0.2, 0.25) is 0 Å². The molecule has 0 aliphatic heterocycles. The summed E-state index contributed by atoms with van der Waals surface area (Å²) in [7, 11) is 0. The molecule has 2 nitrogen and oxygen atoms in total. The van der Waals surface area contributed by atoms with Gasteiger partial charge in [-0.05, 0) is 23.2 Å². The second-order valence-electron chi connectivity index (χ2n) is 2.16. The van der Waals surface area contributed by atoms with Crippen molar-refractivity contribution in [2.75, 3.05) is 0 Å². The zero-order chi connectivity index (χ0) is 8.10. The Morgan fingerprint density at radius 1 is 1.45 bits per heavy atom. The van der Waals surface area contributed by atoms with Gasteiger partial charge in [0.15, 0.2) is 0 Å². The first kappa shape index (κ1) is 7.72. The van der Waals surface area contributed by atoms with Gasteiger partial charge in [-0.3, -0.25) is 0 Å². The van der Waals surface area contributed by atoms with Crippen molar-refractivity contribution in [2.24, 2.45) is 5.16 Å². The van der Waals surface area contributed by atoms with Gasteiger partial charge in [-0.15, -0.1) is 0 Å². The van der Waals surface area contributed by atoms with Crippen LogP contribution in [0.15, 0.2) is 29.4 Å². The molecule has 3 heteroatoms. The fourth-order valence-corrected chi connectivity index (χ4v) is 0.808. The van der Waals surface area contributed by atoms with Gasteiger partial charge >= 0.3 is 0 Å². The van der Waals surface area contributed by atoms with E-state index in [1.807, 2.05) is 31.2 Å². The predicted octanol–water partition coefficient (Wildman–Crippen LogP) is 2.23. The van der Waals surface area contributed by atoms with Crippen molar-refractivity contribution in [1.29, 1.82) is 0 Å². The van der Waals surface area contributed by atoms with E-state index in [-0.39, 0.29) is 0 Å². The van der Waals surface area contributed by atoms with E-state index in [2.05, 4.69) is 10.2 Å². The monoisotopic (exact) mass is 153 g/mol. The molecule has 11 heavy (non-hydrogen) atoms. The number of aryl methyl sites for hydroxylation is 1. The molecule has 0 aromatic heterocycles. The molecular weight excluding hydrogens is 145 g/mol. The Hall–Kier alpha value is -1.38. The molecule has 0 radical (unpaired) electrons. The zero-order valence-electron chi connectivity index (χ0n) is 6.12. The lowest BCUT2D eigenvalue weighted by Crippen LogP contribution is -1.84. The molecule has 0 heterocycles. The number of oxime groups is 1. The van der Waals surface area contributed by atoms with Crippen molar-refractivity contribution in [3.63, 3.8) is 0 Å². The Kier molecular flexibility index (Phi) is 2.60. The maximum atomic E-state index is 11.1. The van der Waals surface area contributed by atoms with Gasteiger partial charge in [0.1, 0.15) is 0 Å². The summed E-state index contributed by atoms with van der Waals surface area (Å²) in [4.78, 5) is 0. The van der Waals surface area contributed by atoms with E-state index in [0.717, 1.165) is 11.1 Å². The van der Waals surface area contributed by atoms with Gasteiger partial charge in [-0.25, -0.2) is 0 Å². The fraction of sp³-hybridized carbons (Fsp3) is 0.125. The van der Waals surface area contributed by atoms with E-state index in [4.69, 9.17) is 0 Å². The van der Waals surface area contributed by atoms with Crippen LogP contribution in [0.25, 0.3) is 0 Å². The van der Waals surface area contributed by atoms with Gasteiger partial charge in [-0.1, -0.05) is 24.3 Å². The topological polar surface area (TPSA) is 21.6 Å². The standard InChI is InChI=1S/C8H8FNO/c1-7-4-2-3-5-8(7)6-10-11-9/h2-6H,1H3/b10-6+. The van der Waals surface area contributed by atoms with Crippen LogP contribution in [0.3, 0.4) is 0 Å². The van der Waals surface area contributed by atoms with Crippen LogP contribution in [0, 0.1) is 6.92 Å². The van der Waals surface area contributed by atoms with Crippen molar-refractivity contribution in [2.45, 2.75) is 6.92 Å². The van der Waals surface area contributed by atoms with Gasteiger partial charge in [0.2, 0.25) is 0 Å². The molecule has 0 atom stereocenters. The van der Waals surface area contributed by atoms with E-state index in [1.54, 1.807) is 0 Å². The summed E-state index contributed by atoms with van der Waals surface area (Å²) < 4.78 is 11.1. The predicted molar refractivity (Wildman–Crippen MR) is 41.0 cm³/mol. The summed E-state index contributed by atoms with van der Waals surface area (Å²) in [6, 6.07) is 7.51. The van der Waals surface area contributed by atoms with Gasteiger partial charge in [0.25, 0.3) is 0 Å². The van der Waals surface area contributed by atoms with Crippen LogP contribution >= 0.6 is 0 Å². The molecule has 1 rings (SSSR count). The third kappa shape index (κ3) is 2.04. The first-order valence-corrected chi connectivity index (χ1v) is 3.21. The molecule has 1 aromatic rings. The van der Waals surface area contributed by atoms with Crippen LogP contribution in [0.1, 0.15) is 11.1 Å². The first-order valence-electron chi connectivity index (χ1n) is 3.21. The maximum Gasteiger partial charge on any atom is 0.0781 e. The smallest absolute Gasteiger partial charge is 0.0781 e. The quantitative estimate of drug-likeness (QED) is 0.471. The zero-order valence-corrected chi connectivity index (χ0v) is 6.12. The second kappa shape index (κ2) is 3.71. The highest BCUT2D eigenvalue weighted by atomic mass is 19.3. The van der Waals surface area contributed by atoms with Crippen LogP contribution < -0.4 is 0 Å². The molecular formula is C8H8FNO. The fourth-order valence-electron chi connectivity index (χ4n) is 0.808. The minimum atomic E-state index is 0.852. The van der Waals surface area contributed by atoms with Crippen molar-refractivity contribution < 1.29 is 9.57 Å². The first-order chi connectivity index (χ1) is 5.34. The average Bonchev–Trinajstić information content (AvgIpc) is 2.03. The minimum Gasteiger partial charge on any atom is -0.174 e. The molecule has 0 aliphatic rings. The van der Waals surface area contributed by atoms with Crippen molar-refractivity contribution in [1.82, 2.24) is 0 Å². The Bertz CT molecular complexity index is 260. The summed E-state index contributed by atoms with van der Waals surface area (Å²) in [5.41, 5.74) is 1.89. The molecule has 0 unspecified atom stereocenters. The maximum absolute atomic E-state index is 11.1. The van der Waals surface area contributed by atoms with Gasteiger partial charge in [0.05, 0.1) is 6.21 Å². The molecule has 0 amide bonds. The van der Waals surface area contributed by atoms with Crippen LogP contribution in [0.4, 0.5) is 4.53 Å². The Balaban J connectivity index is 2.86. The lowest BCUT2D eigenvalue weighted by Gasteiger charge is -1.94. The normalized spacial score (nSPS) is 10.4. The van der Waals surface area contributed by atoms with E-state index in [0.29, 0.717) is 0 Å². The summed E-state index contributed by atoms with van der Waals surface area (Å²) in [6.45, 7) is 1.92. The summed E-state index contributed by atoms with van der Waals surface area (Å²) >= 11 is 0. The molecule has 0 spiro atoms. The molecule has 0 bridgehead atoms. The lowest BCUT2D eigenvalue weighted by molar-refractivity contribution is -0.130. The second-order valence-corrected chi connectivity index (χ2v) is 2.16. The molecule has 58 valence electrons. The Labute approximate surface area is 64.2 Å². The highest BCUT2D eigenvalue weighted by Gasteiger charge is 1.90. The average molecular weight is 153 g/mol. The minimum absolute atomic E-state index is 0.852. The van der Waals surface area contributed by atoms with Crippen LogP contribution in [0.5, 0.6) is 0 Å². The largest absolute Gasteiger partial charge is 0.174 e. The van der Waals surface area contributed by atoms with Crippen molar-refractivity contribution in [3.8, 4) is 0 Å². The number of nitrogens with zero attached hydrogens (tertiary/aromatic N) is 1. The number of rotatable bonds is 2. The molecule has 0 fully saturated rings. The third-order valence-electron chi connectivity index (χ3n) is 1.42. The van der Waals surface area contributed by atoms with E-state index in [1.165, 1.54) is 6.21 Å². The number of benzene rings is 1. The molecule has 0 saturated carbocycles. The van der Waals surface area contributed by atoms with Gasteiger partial charge in [-0.2, -0.15) is 5.04 Å². The summed E-state index contributed by atoms with van der Waals surface area (Å²) in [5.74, 6) is 0. The number of hydrogen-bond donors (Lipinski definition) is 0. The van der Waals surface area contributed by atoms with Crippen LogP contribution in [-0.2, 0) is 5.04 Å². The van der Waals surface area contributed by atoms with Crippen molar-refractivity contribution in [3.05, 3.63) is 35.4 Å². The molecule has 0 saturated heterocycles.